The van der Waals surface area contributed by atoms with Gasteiger partial charge in [0.05, 0.1) is 0 Å². The minimum Gasteiger partial charge on any atom is -0.326 e. The molecule has 2 heterocycles. The zero-order valence-corrected chi connectivity index (χ0v) is 7.99. The highest BCUT2D eigenvalue weighted by Gasteiger charge is 2.01. The summed E-state index contributed by atoms with van der Waals surface area (Å²) in [5, 5.41) is 4.14. The molecule has 2 rings (SSSR count). The van der Waals surface area contributed by atoms with Gasteiger partial charge in [0.2, 0.25) is 0 Å². The zero-order valence-electron chi connectivity index (χ0n) is 6.36. The molecule has 2 nitrogen and oxygen atoms in total. The third-order valence-corrected chi connectivity index (χ3v) is 3.22. The van der Waals surface area contributed by atoms with E-state index in [1.54, 1.807) is 11.3 Å². The second-order valence-corrected chi connectivity index (χ2v) is 4.01. The Kier molecular flexibility index (Phi) is 2.21. The highest BCUT2D eigenvalue weighted by molar-refractivity contribution is 7.14. The first kappa shape index (κ1) is 7.91. The first-order valence-corrected chi connectivity index (χ1v) is 5.29. The Morgan fingerprint density at radius 2 is 2.33 bits per heavy atom. The first-order valence-electron chi connectivity index (χ1n) is 3.57. The quantitative estimate of drug-likeness (QED) is 0.800. The summed E-state index contributed by atoms with van der Waals surface area (Å²) in [7, 11) is 0. The summed E-state index contributed by atoms with van der Waals surface area (Å²) in [6, 6.07) is 2.12. The summed E-state index contributed by atoms with van der Waals surface area (Å²) in [6.45, 7) is 0.619. The van der Waals surface area contributed by atoms with Crippen molar-refractivity contribution in [3.63, 3.8) is 0 Å². The van der Waals surface area contributed by atoms with Crippen LogP contribution in [0.5, 0.6) is 0 Å². The van der Waals surface area contributed by atoms with E-state index in [1.165, 1.54) is 27.5 Å². The third-order valence-electron chi connectivity index (χ3n) is 1.61. The average molecular weight is 196 g/mol. The zero-order chi connectivity index (χ0) is 8.39. The van der Waals surface area contributed by atoms with Crippen molar-refractivity contribution >= 4 is 22.9 Å². The molecule has 0 saturated heterocycles. The molecule has 2 aromatic heterocycles. The topological polar surface area (TPSA) is 38.9 Å². The Bertz CT molecular complexity index is 351. The van der Waals surface area contributed by atoms with E-state index in [9.17, 15) is 0 Å². The molecule has 0 aromatic carbocycles. The molecular formula is C8H8N2S2. The molecule has 0 aliphatic heterocycles. The molecule has 4 heteroatoms. The summed E-state index contributed by atoms with van der Waals surface area (Å²) < 4.78 is 4.05. The van der Waals surface area contributed by atoms with E-state index in [0.29, 0.717) is 6.54 Å². The van der Waals surface area contributed by atoms with Gasteiger partial charge in [-0.15, -0.1) is 11.3 Å². The Labute approximate surface area is 78.8 Å². The maximum atomic E-state index is 5.51. The number of thiophene rings is 1. The number of nitrogens with zero attached hydrogens (tertiary/aromatic N) is 1. The predicted octanol–water partition coefficient (Wildman–Crippen LogP) is 2.33. The Balaban J connectivity index is 2.35. The molecule has 2 aromatic rings. The lowest BCUT2D eigenvalue weighted by molar-refractivity contribution is 1.08. The van der Waals surface area contributed by atoms with Crippen LogP contribution in [0.3, 0.4) is 0 Å². The minimum atomic E-state index is 0.619. The van der Waals surface area contributed by atoms with E-state index in [2.05, 4.69) is 15.8 Å². The van der Waals surface area contributed by atoms with E-state index < -0.39 is 0 Å². The molecule has 12 heavy (non-hydrogen) atoms. The fourth-order valence-electron chi connectivity index (χ4n) is 0.961. The van der Waals surface area contributed by atoms with Gasteiger partial charge in [-0.05, 0) is 28.5 Å². The fourth-order valence-corrected chi connectivity index (χ4v) is 2.48. The number of aromatic nitrogens is 1. The summed E-state index contributed by atoms with van der Waals surface area (Å²) in [4.78, 5) is 1.25. The summed E-state index contributed by atoms with van der Waals surface area (Å²) in [5.74, 6) is 0. The number of hydrogen-bond acceptors (Lipinski definition) is 4. The van der Waals surface area contributed by atoms with Crippen molar-refractivity contribution in [2.45, 2.75) is 6.54 Å². The smallest absolute Gasteiger partial charge is 0.0493 e. The van der Waals surface area contributed by atoms with Gasteiger partial charge in [-0.3, -0.25) is 0 Å². The largest absolute Gasteiger partial charge is 0.326 e. The van der Waals surface area contributed by atoms with Crippen LogP contribution in [0.2, 0.25) is 0 Å². The van der Waals surface area contributed by atoms with Gasteiger partial charge < -0.3 is 5.73 Å². The van der Waals surface area contributed by atoms with Crippen molar-refractivity contribution in [3.8, 4) is 10.4 Å². The van der Waals surface area contributed by atoms with Crippen molar-refractivity contribution in [3.05, 3.63) is 28.6 Å². The van der Waals surface area contributed by atoms with Gasteiger partial charge in [-0.2, -0.15) is 0 Å². The van der Waals surface area contributed by atoms with Crippen molar-refractivity contribution in [2.24, 2.45) is 5.73 Å². The van der Waals surface area contributed by atoms with Crippen molar-refractivity contribution in [1.29, 1.82) is 0 Å². The first-order chi connectivity index (χ1) is 5.90. The van der Waals surface area contributed by atoms with Gasteiger partial charge in [0.25, 0.3) is 0 Å². The van der Waals surface area contributed by atoms with Crippen LogP contribution < -0.4 is 5.73 Å². The lowest BCUT2D eigenvalue weighted by Gasteiger charge is -1.86. The predicted molar refractivity (Wildman–Crippen MR) is 53.3 cm³/mol. The minimum absolute atomic E-state index is 0.619. The number of hydrogen-bond donors (Lipinski definition) is 1. The second-order valence-electron chi connectivity index (χ2n) is 2.44. The normalized spacial score (nSPS) is 10.4. The van der Waals surface area contributed by atoms with Crippen LogP contribution in [0.4, 0.5) is 0 Å². The van der Waals surface area contributed by atoms with Crippen molar-refractivity contribution in [2.75, 3.05) is 0 Å². The van der Waals surface area contributed by atoms with Crippen molar-refractivity contribution < 1.29 is 0 Å². The van der Waals surface area contributed by atoms with Gasteiger partial charge in [-0.1, -0.05) is 0 Å². The van der Waals surface area contributed by atoms with Crippen molar-refractivity contribution in [1.82, 2.24) is 4.37 Å². The molecule has 0 bridgehead atoms. The number of nitrogens with two attached hydrogens (primary N) is 1. The highest BCUT2D eigenvalue weighted by atomic mass is 32.1. The fraction of sp³-hybridized carbons (Fsp3) is 0.125. The maximum Gasteiger partial charge on any atom is 0.0493 e. The molecular weight excluding hydrogens is 188 g/mol. The van der Waals surface area contributed by atoms with E-state index in [0.717, 1.165) is 0 Å². The van der Waals surface area contributed by atoms with Crippen LogP contribution in [0.15, 0.2) is 23.0 Å². The van der Waals surface area contributed by atoms with E-state index in [-0.39, 0.29) is 0 Å². The number of rotatable bonds is 2. The molecule has 0 unspecified atom stereocenters. The van der Waals surface area contributed by atoms with Crippen LogP contribution in [-0.4, -0.2) is 4.37 Å². The molecule has 0 atom stereocenters. The Hall–Kier alpha value is -0.710. The monoisotopic (exact) mass is 196 g/mol. The summed E-state index contributed by atoms with van der Waals surface area (Å²) >= 11 is 3.20. The summed E-state index contributed by atoms with van der Waals surface area (Å²) in [5.41, 5.74) is 7.90. The lowest BCUT2D eigenvalue weighted by Crippen LogP contribution is -1.92. The van der Waals surface area contributed by atoms with Gasteiger partial charge in [0.15, 0.2) is 0 Å². The third kappa shape index (κ3) is 1.41. The SMILES string of the molecule is NCc1csc(-c2cnsc2)c1. The molecule has 0 fully saturated rings. The van der Waals surface area contributed by atoms with Crippen LogP contribution in [0.25, 0.3) is 10.4 Å². The average Bonchev–Trinajstić information content (AvgIpc) is 2.75. The molecule has 2 N–H and O–H groups in total. The second kappa shape index (κ2) is 3.35. The molecule has 0 spiro atoms. The van der Waals surface area contributed by atoms with Crippen LogP contribution >= 0.6 is 22.9 Å². The molecule has 0 saturated carbocycles. The van der Waals surface area contributed by atoms with E-state index in [4.69, 9.17) is 5.73 Å². The standard InChI is InChI=1S/C8H8N2S2/c9-2-6-1-8(11-4-6)7-3-10-12-5-7/h1,3-5H,2,9H2. The summed E-state index contributed by atoms with van der Waals surface area (Å²) in [6.07, 6.45) is 1.89. The highest BCUT2D eigenvalue weighted by Crippen LogP contribution is 2.27. The van der Waals surface area contributed by atoms with Gasteiger partial charge >= 0.3 is 0 Å². The molecule has 0 aliphatic rings. The van der Waals surface area contributed by atoms with Crippen LogP contribution in [0, 0.1) is 0 Å². The Morgan fingerprint density at radius 1 is 1.42 bits per heavy atom. The van der Waals surface area contributed by atoms with Gasteiger partial charge in [0, 0.05) is 28.6 Å². The maximum absolute atomic E-state index is 5.51. The molecule has 0 radical (unpaired) electrons. The van der Waals surface area contributed by atoms with Crippen LogP contribution in [-0.2, 0) is 6.54 Å². The van der Waals surface area contributed by atoms with Gasteiger partial charge in [0.1, 0.15) is 0 Å². The Morgan fingerprint density at radius 3 is 2.92 bits per heavy atom. The van der Waals surface area contributed by atoms with E-state index in [1.807, 2.05) is 11.6 Å². The molecule has 62 valence electrons. The van der Waals surface area contributed by atoms with E-state index >= 15 is 0 Å². The molecule has 0 amide bonds. The lowest BCUT2D eigenvalue weighted by atomic mass is 10.2. The molecule has 0 aliphatic carbocycles. The van der Waals surface area contributed by atoms with Crippen LogP contribution in [0.1, 0.15) is 5.56 Å². The van der Waals surface area contributed by atoms with Gasteiger partial charge in [-0.25, -0.2) is 4.37 Å².